The number of likely N-dealkylation sites (tertiary alicyclic amines) is 1. The topological polar surface area (TPSA) is 114 Å². The van der Waals surface area contributed by atoms with E-state index >= 15 is 0 Å². The molecule has 0 aromatic heterocycles. The third-order valence-corrected chi connectivity index (χ3v) is 7.28. The predicted molar refractivity (Wildman–Crippen MR) is 120 cm³/mol. The average molecular weight is 440 g/mol. The highest BCUT2D eigenvalue weighted by molar-refractivity contribution is 5.87. The van der Waals surface area contributed by atoms with Crippen molar-refractivity contribution < 1.29 is 14.7 Å². The summed E-state index contributed by atoms with van der Waals surface area (Å²) < 4.78 is 0. The van der Waals surface area contributed by atoms with Gasteiger partial charge in [0, 0.05) is 44.8 Å². The molecule has 0 bridgehead atoms. The van der Waals surface area contributed by atoms with E-state index in [1.54, 1.807) is 23.1 Å². The molecule has 8 nitrogen and oxygen atoms in total. The van der Waals surface area contributed by atoms with Crippen molar-refractivity contribution in [3.8, 4) is 6.07 Å². The summed E-state index contributed by atoms with van der Waals surface area (Å²) in [6.45, 7) is 5.83. The zero-order valence-electron chi connectivity index (χ0n) is 18.7. The molecular weight excluding hydrogens is 406 g/mol. The summed E-state index contributed by atoms with van der Waals surface area (Å²) in [5.41, 5.74) is 7.66. The lowest BCUT2D eigenvalue weighted by Gasteiger charge is -2.42. The molecule has 32 heavy (non-hydrogen) atoms. The Labute approximate surface area is 189 Å². The van der Waals surface area contributed by atoms with Crippen molar-refractivity contribution in [3.63, 3.8) is 0 Å². The third kappa shape index (κ3) is 4.80. The molecule has 3 N–H and O–H groups in total. The van der Waals surface area contributed by atoms with Crippen LogP contribution in [0.2, 0.25) is 0 Å². The van der Waals surface area contributed by atoms with Crippen LogP contribution < -0.4 is 5.73 Å². The molecule has 0 spiro atoms. The minimum atomic E-state index is -0.910. The normalized spacial score (nSPS) is 29.1. The quantitative estimate of drug-likeness (QED) is 0.662. The first-order chi connectivity index (χ1) is 15.4. The summed E-state index contributed by atoms with van der Waals surface area (Å²) in [6, 6.07) is 9.00. The van der Waals surface area contributed by atoms with Gasteiger partial charge in [-0.15, -0.1) is 0 Å². The molecule has 4 rings (SSSR count). The van der Waals surface area contributed by atoms with E-state index < -0.39 is 12.0 Å². The van der Waals surface area contributed by atoms with E-state index in [0.29, 0.717) is 30.6 Å². The molecule has 8 heteroatoms. The molecule has 5 atom stereocenters. The Morgan fingerprint density at radius 2 is 2.12 bits per heavy atom. The van der Waals surface area contributed by atoms with Gasteiger partial charge in [-0.25, -0.2) is 4.79 Å². The van der Waals surface area contributed by atoms with Crippen LogP contribution in [0.15, 0.2) is 24.3 Å². The molecule has 4 unspecified atom stereocenters. The van der Waals surface area contributed by atoms with Crippen molar-refractivity contribution in [1.82, 2.24) is 14.7 Å². The van der Waals surface area contributed by atoms with Gasteiger partial charge in [-0.3, -0.25) is 14.6 Å². The highest BCUT2D eigenvalue weighted by Gasteiger charge is 2.50. The fourth-order valence-corrected chi connectivity index (χ4v) is 5.37. The van der Waals surface area contributed by atoms with Crippen molar-refractivity contribution in [2.45, 2.75) is 63.3 Å². The number of aromatic carboxylic acids is 1. The zero-order valence-corrected chi connectivity index (χ0v) is 18.7. The van der Waals surface area contributed by atoms with Crippen LogP contribution in [0.1, 0.15) is 48.5 Å². The van der Waals surface area contributed by atoms with Crippen LogP contribution in [0.25, 0.3) is 0 Å². The van der Waals surface area contributed by atoms with Crippen molar-refractivity contribution in [3.05, 3.63) is 35.4 Å². The number of nitriles is 1. The summed E-state index contributed by atoms with van der Waals surface area (Å²) in [6.07, 6.45) is 3.77. The highest BCUT2D eigenvalue weighted by atomic mass is 16.4. The maximum absolute atomic E-state index is 13.1. The third-order valence-electron chi connectivity index (χ3n) is 7.28. The Morgan fingerprint density at radius 1 is 1.31 bits per heavy atom. The number of piperidine rings is 1. The maximum atomic E-state index is 13.1. The molecule has 1 aliphatic carbocycles. The van der Waals surface area contributed by atoms with Gasteiger partial charge < -0.3 is 15.7 Å². The second kappa shape index (κ2) is 9.57. The van der Waals surface area contributed by atoms with Gasteiger partial charge in [0.25, 0.3) is 0 Å². The first kappa shape index (κ1) is 22.7. The Kier molecular flexibility index (Phi) is 6.79. The van der Waals surface area contributed by atoms with Crippen LogP contribution in [0, 0.1) is 17.2 Å². The largest absolute Gasteiger partial charge is 0.478 e. The van der Waals surface area contributed by atoms with E-state index in [4.69, 9.17) is 5.73 Å². The molecule has 172 valence electrons. The van der Waals surface area contributed by atoms with Crippen molar-refractivity contribution >= 4 is 11.9 Å². The number of nitrogens with two attached hydrogens (primary N) is 1. The maximum Gasteiger partial charge on any atom is 0.335 e. The SMILES string of the molecule is CC[C@H]1CN(CC(N)C(=O)N2C(C#N)CCC3CC32)CCN1Cc1cccc(C(=O)O)c1. The number of carbonyl (C=O) groups is 2. The summed E-state index contributed by atoms with van der Waals surface area (Å²) in [4.78, 5) is 30.8. The van der Waals surface area contributed by atoms with E-state index in [-0.39, 0.29) is 18.0 Å². The second-order valence-electron chi connectivity index (χ2n) is 9.44. The fourth-order valence-electron chi connectivity index (χ4n) is 5.37. The number of rotatable bonds is 7. The van der Waals surface area contributed by atoms with Gasteiger partial charge in [0.2, 0.25) is 5.91 Å². The lowest BCUT2D eigenvalue weighted by atomic mass is 10.0. The standard InChI is InChI=1S/C24H33N5O3/c1-2-19-14-27(8-9-28(19)13-16-4-3-5-18(10-16)24(31)32)15-21(26)23(30)29-20(12-25)7-6-17-11-22(17)29/h3-5,10,17,19-22H,2,6-9,11,13-15,26H2,1H3,(H,31,32)/t17?,19-,20?,21?,22?/m0/s1. The van der Waals surface area contributed by atoms with E-state index in [9.17, 15) is 20.0 Å². The fraction of sp³-hybridized carbons (Fsp3) is 0.625. The van der Waals surface area contributed by atoms with Crippen LogP contribution in [0.4, 0.5) is 0 Å². The van der Waals surface area contributed by atoms with E-state index in [1.165, 1.54) is 0 Å². The highest BCUT2D eigenvalue weighted by Crippen LogP contribution is 2.45. The van der Waals surface area contributed by atoms with Gasteiger partial charge in [-0.2, -0.15) is 5.26 Å². The van der Waals surface area contributed by atoms with Crippen LogP contribution in [-0.2, 0) is 11.3 Å². The smallest absolute Gasteiger partial charge is 0.335 e. The first-order valence-corrected chi connectivity index (χ1v) is 11.7. The number of hydrogen-bond acceptors (Lipinski definition) is 6. The second-order valence-corrected chi connectivity index (χ2v) is 9.44. The van der Waals surface area contributed by atoms with Crippen molar-refractivity contribution in [1.29, 1.82) is 5.26 Å². The number of nitrogens with zero attached hydrogens (tertiary/aromatic N) is 4. The lowest BCUT2D eigenvalue weighted by Crippen LogP contribution is -2.58. The Morgan fingerprint density at radius 3 is 2.84 bits per heavy atom. The monoisotopic (exact) mass is 439 g/mol. The summed E-state index contributed by atoms with van der Waals surface area (Å²) in [5, 5.41) is 18.7. The minimum Gasteiger partial charge on any atom is -0.478 e. The Bertz CT molecular complexity index is 900. The molecule has 2 saturated heterocycles. The number of carboxylic acids is 1. The van der Waals surface area contributed by atoms with Crippen LogP contribution in [0.5, 0.6) is 0 Å². The molecule has 1 aromatic carbocycles. The van der Waals surface area contributed by atoms with Gasteiger partial charge >= 0.3 is 5.97 Å². The van der Waals surface area contributed by atoms with Gasteiger partial charge in [-0.05, 0) is 49.3 Å². The van der Waals surface area contributed by atoms with Crippen LogP contribution in [0.3, 0.4) is 0 Å². The number of fused-ring (bicyclic) bond motifs is 1. The summed E-state index contributed by atoms with van der Waals surface area (Å²) in [5.74, 6) is -0.430. The number of hydrogen-bond donors (Lipinski definition) is 2. The molecule has 3 fully saturated rings. The van der Waals surface area contributed by atoms with E-state index in [1.807, 2.05) is 6.07 Å². The number of benzene rings is 1. The zero-order chi connectivity index (χ0) is 22.8. The van der Waals surface area contributed by atoms with Gasteiger partial charge in [0.1, 0.15) is 6.04 Å². The van der Waals surface area contributed by atoms with Gasteiger partial charge in [0.15, 0.2) is 0 Å². The Balaban J connectivity index is 1.34. The molecule has 0 radical (unpaired) electrons. The van der Waals surface area contributed by atoms with Gasteiger partial charge in [0.05, 0.1) is 17.7 Å². The molecule has 2 aliphatic heterocycles. The molecular formula is C24H33N5O3. The molecule has 2 heterocycles. The molecule has 1 saturated carbocycles. The summed E-state index contributed by atoms with van der Waals surface area (Å²) >= 11 is 0. The van der Waals surface area contributed by atoms with E-state index in [2.05, 4.69) is 22.8 Å². The van der Waals surface area contributed by atoms with Crippen LogP contribution in [-0.4, -0.2) is 82.0 Å². The molecule has 1 aromatic rings. The number of carbonyl (C=O) groups excluding carboxylic acids is 1. The van der Waals surface area contributed by atoms with E-state index in [0.717, 1.165) is 50.9 Å². The molecule has 3 aliphatic rings. The predicted octanol–water partition coefficient (Wildman–Crippen LogP) is 1.51. The number of piperazine rings is 1. The average Bonchev–Trinajstić information content (AvgIpc) is 3.58. The molecule has 1 amide bonds. The Hall–Kier alpha value is -2.47. The lowest BCUT2D eigenvalue weighted by molar-refractivity contribution is -0.136. The number of amides is 1. The number of carboxylic acid groups (broad SMARTS) is 1. The van der Waals surface area contributed by atoms with Crippen molar-refractivity contribution in [2.24, 2.45) is 11.7 Å². The summed E-state index contributed by atoms with van der Waals surface area (Å²) in [7, 11) is 0. The first-order valence-electron chi connectivity index (χ1n) is 11.7. The van der Waals surface area contributed by atoms with Crippen LogP contribution >= 0.6 is 0 Å². The minimum absolute atomic E-state index is 0.0790. The van der Waals surface area contributed by atoms with Crippen molar-refractivity contribution in [2.75, 3.05) is 26.2 Å². The van der Waals surface area contributed by atoms with Gasteiger partial charge in [-0.1, -0.05) is 19.1 Å².